The second-order valence-corrected chi connectivity index (χ2v) is 5.57. The highest BCUT2D eigenvalue weighted by atomic mass is 15.1. The minimum Gasteiger partial charge on any atom is -0.314 e. The molecule has 0 aliphatic heterocycles. The fraction of sp³-hybridized carbons (Fsp3) is 0.0909. The Morgan fingerprint density at radius 1 is 0.739 bits per heavy atom. The second kappa shape index (κ2) is 6.97. The van der Waals surface area contributed by atoms with Gasteiger partial charge in [0, 0.05) is 17.1 Å². The van der Waals surface area contributed by atoms with Crippen molar-refractivity contribution in [2.75, 3.05) is 4.90 Å². The maximum Gasteiger partial charge on any atom is 0.0458 e. The summed E-state index contributed by atoms with van der Waals surface area (Å²) in [5.74, 6) is 0. The van der Waals surface area contributed by atoms with Crippen LogP contribution < -0.4 is 4.90 Å². The number of allylic oxidation sites excluding steroid dienone is 5. The first-order chi connectivity index (χ1) is 11.3. The molecule has 0 aromatic heterocycles. The molecule has 2 aromatic rings. The molecule has 0 spiro atoms. The maximum absolute atomic E-state index is 3.87. The van der Waals surface area contributed by atoms with Crippen molar-refractivity contribution in [2.45, 2.75) is 12.8 Å². The van der Waals surface area contributed by atoms with Gasteiger partial charge in [-0.05, 0) is 54.3 Å². The average molecular weight is 299 g/mol. The van der Waals surface area contributed by atoms with E-state index in [1.54, 1.807) is 0 Å². The van der Waals surface area contributed by atoms with E-state index in [1.807, 2.05) is 18.2 Å². The molecule has 0 atom stereocenters. The van der Waals surface area contributed by atoms with Crippen molar-refractivity contribution >= 4 is 17.5 Å². The van der Waals surface area contributed by atoms with Gasteiger partial charge >= 0.3 is 0 Å². The average Bonchev–Trinajstić information content (AvgIpc) is 2.64. The van der Waals surface area contributed by atoms with Crippen LogP contribution in [0, 0.1) is 0 Å². The van der Waals surface area contributed by atoms with Crippen molar-refractivity contribution in [3.8, 4) is 0 Å². The fourth-order valence-electron chi connectivity index (χ4n) is 2.82. The molecule has 0 bridgehead atoms. The number of para-hydroxylation sites is 1. The van der Waals surface area contributed by atoms with Crippen LogP contribution >= 0.6 is 0 Å². The highest BCUT2D eigenvalue weighted by Gasteiger charge is 2.16. The molecule has 3 rings (SSSR count). The molecule has 2 aromatic carbocycles. The summed E-state index contributed by atoms with van der Waals surface area (Å²) in [5.41, 5.74) is 6.08. The van der Waals surface area contributed by atoms with Crippen LogP contribution in [0.2, 0.25) is 0 Å². The van der Waals surface area contributed by atoms with Crippen LogP contribution in [0.3, 0.4) is 0 Å². The predicted octanol–water partition coefficient (Wildman–Crippen LogP) is 6.26. The van der Waals surface area contributed by atoms with Gasteiger partial charge in [-0.2, -0.15) is 0 Å². The van der Waals surface area contributed by atoms with Crippen LogP contribution in [0.1, 0.15) is 18.4 Å². The Morgan fingerprint density at radius 2 is 1.43 bits per heavy atom. The van der Waals surface area contributed by atoms with Crippen LogP contribution in [0.5, 0.6) is 0 Å². The van der Waals surface area contributed by atoms with Crippen molar-refractivity contribution in [3.05, 3.63) is 103 Å². The molecule has 114 valence electrons. The van der Waals surface area contributed by atoms with Crippen LogP contribution in [0.25, 0.3) is 6.08 Å². The topological polar surface area (TPSA) is 3.24 Å². The van der Waals surface area contributed by atoms with Gasteiger partial charge in [-0.3, -0.25) is 0 Å². The molecule has 1 aliphatic carbocycles. The van der Waals surface area contributed by atoms with E-state index in [0.29, 0.717) is 0 Å². The summed E-state index contributed by atoms with van der Waals surface area (Å²) in [6, 6.07) is 19.0. The molecule has 1 heteroatoms. The SMILES string of the molecule is C=CC1=CC=C(N(c2ccccc2)c2ccc(C=C)cc2)CC1. The molecule has 0 saturated carbocycles. The highest BCUT2D eigenvalue weighted by molar-refractivity contribution is 5.70. The molecule has 0 saturated heterocycles. The molecule has 1 nitrogen and oxygen atoms in total. The van der Waals surface area contributed by atoms with E-state index in [-0.39, 0.29) is 0 Å². The molecule has 0 unspecified atom stereocenters. The molecule has 0 fully saturated rings. The van der Waals surface area contributed by atoms with Crippen molar-refractivity contribution in [1.82, 2.24) is 0 Å². The lowest BCUT2D eigenvalue weighted by Gasteiger charge is -2.29. The summed E-state index contributed by atoms with van der Waals surface area (Å²) < 4.78 is 0. The largest absolute Gasteiger partial charge is 0.314 e. The van der Waals surface area contributed by atoms with Gasteiger partial charge in [-0.25, -0.2) is 0 Å². The van der Waals surface area contributed by atoms with Gasteiger partial charge in [0.15, 0.2) is 0 Å². The van der Waals surface area contributed by atoms with Crippen LogP contribution in [-0.4, -0.2) is 0 Å². The predicted molar refractivity (Wildman–Crippen MR) is 101 cm³/mol. The molecular formula is C22H21N. The van der Waals surface area contributed by atoms with Crippen LogP contribution in [0.4, 0.5) is 11.4 Å². The van der Waals surface area contributed by atoms with Crippen molar-refractivity contribution in [3.63, 3.8) is 0 Å². The lowest BCUT2D eigenvalue weighted by molar-refractivity contribution is 0.892. The lowest BCUT2D eigenvalue weighted by atomic mass is 10.0. The van der Waals surface area contributed by atoms with Gasteiger partial charge in [0.25, 0.3) is 0 Å². The van der Waals surface area contributed by atoms with Gasteiger partial charge in [-0.1, -0.05) is 61.7 Å². The highest BCUT2D eigenvalue weighted by Crippen LogP contribution is 2.34. The third-order valence-electron chi connectivity index (χ3n) is 4.11. The smallest absolute Gasteiger partial charge is 0.0458 e. The van der Waals surface area contributed by atoms with E-state index >= 15 is 0 Å². The summed E-state index contributed by atoms with van der Waals surface area (Å²) in [7, 11) is 0. The third kappa shape index (κ3) is 3.35. The van der Waals surface area contributed by atoms with Crippen molar-refractivity contribution in [2.24, 2.45) is 0 Å². The van der Waals surface area contributed by atoms with Crippen molar-refractivity contribution < 1.29 is 0 Å². The molecular weight excluding hydrogens is 278 g/mol. The number of hydrogen-bond donors (Lipinski definition) is 0. The zero-order valence-electron chi connectivity index (χ0n) is 13.3. The van der Waals surface area contributed by atoms with E-state index in [0.717, 1.165) is 18.4 Å². The molecule has 23 heavy (non-hydrogen) atoms. The van der Waals surface area contributed by atoms with Gasteiger partial charge in [-0.15, -0.1) is 0 Å². The Morgan fingerprint density at radius 3 is 2.00 bits per heavy atom. The number of nitrogens with zero attached hydrogens (tertiary/aromatic N) is 1. The molecule has 0 N–H and O–H groups in total. The van der Waals surface area contributed by atoms with Gasteiger partial charge in [0.2, 0.25) is 0 Å². The van der Waals surface area contributed by atoms with Gasteiger partial charge in [0.05, 0.1) is 0 Å². The standard InChI is InChI=1S/C22H21N/c1-3-18-10-14-21(15-11-18)23(20-8-6-5-7-9-20)22-16-12-19(4-2)13-17-22/h3-12,14-16H,1-2,13,17H2. The molecule has 0 radical (unpaired) electrons. The normalized spacial score (nSPS) is 13.7. The lowest BCUT2D eigenvalue weighted by Crippen LogP contribution is -2.17. The van der Waals surface area contributed by atoms with E-state index < -0.39 is 0 Å². The van der Waals surface area contributed by atoms with Crippen LogP contribution in [-0.2, 0) is 0 Å². The zero-order valence-corrected chi connectivity index (χ0v) is 13.3. The van der Waals surface area contributed by atoms with E-state index in [2.05, 4.69) is 78.7 Å². The number of benzene rings is 2. The van der Waals surface area contributed by atoms with E-state index in [1.165, 1.54) is 22.6 Å². The quantitative estimate of drug-likeness (QED) is 0.630. The minimum absolute atomic E-state index is 1.01. The van der Waals surface area contributed by atoms with E-state index in [4.69, 9.17) is 0 Å². The Balaban J connectivity index is 2.04. The number of anilines is 2. The Bertz CT molecular complexity index is 748. The summed E-state index contributed by atoms with van der Waals surface area (Å²) in [6.45, 7) is 7.70. The molecule has 0 amide bonds. The fourth-order valence-corrected chi connectivity index (χ4v) is 2.82. The second-order valence-electron chi connectivity index (χ2n) is 5.57. The maximum atomic E-state index is 3.87. The first-order valence-electron chi connectivity index (χ1n) is 7.91. The van der Waals surface area contributed by atoms with E-state index in [9.17, 15) is 0 Å². The minimum atomic E-state index is 1.01. The van der Waals surface area contributed by atoms with Crippen molar-refractivity contribution in [1.29, 1.82) is 0 Å². The van der Waals surface area contributed by atoms with Gasteiger partial charge in [0.1, 0.15) is 0 Å². The monoisotopic (exact) mass is 299 g/mol. The number of rotatable bonds is 5. The summed E-state index contributed by atoms with van der Waals surface area (Å²) >= 11 is 0. The Hall–Kier alpha value is -2.80. The summed E-state index contributed by atoms with van der Waals surface area (Å²) in [5, 5.41) is 0. The van der Waals surface area contributed by atoms with Gasteiger partial charge < -0.3 is 4.90 Å². The molecule has 1 aliphatic rings. The first kappa shape index (κ1) is 15.1. The Kier molecular flexibility index (Phi) is 4.58. The third-order valence-corrected chi connectivity index (χ3v) is 4.11. The summed E-state index contributed by atoms with van der Waals surface area (Å²) in [6.07, 6.45) is 10.2. The zero-order chi connectivity index (χ0) is 16.1. The Labute approximate surface area is 138 Å². The summed E-state index contributed by atoms with van der Waals surface area (Å²) in [4.78, 5) is 2.32. The number of hydrogen-bond acceptors (Lipinski definition) is 1. The first-order valence-corrected chi connectivity index (χ1v) is 7.91. The molecule has 0 heterocycles. The van der Waals surface area contributed by atoms with Crippen LogP contribution in [0.15, 0.2) is 97.3 Å².